The molecule has 0 fully saturated rings. The molecule has 0 bridgehead atoms. The van der Waals surface area contributed by atoms with E-state index in [9.17, 15) is 4.79 Å². The maximum absolute atomic E-state index is 12.3. The van der Waals surface area contributed by atoms with Gasteiger partial charge in [0.1, 0.15) is 11.4 Å². The number of ether oxygens (including phenoxy) is 1. The molecule has 4 heteroatoms. The minimum Gasteiger partial charge on any atom is -0.487 e. The molecule has 22 heavy (non-hydrogen) atoms. The summed E-state index contributed by atoms with van der Waals surface area (Å²) >= 11 is 1.62. The van der Waals surface area contributed by atoms with E-state index in [2.05, 4.69) is 32.2 Å². The maximum atomic E-state index is 12.3. The van der Waals surface area contributed by atoms with Crippen LogP contribution in [0, 0.1) is 6.92 Å². The number of rotatable bonds is 3. The molecular weight excluding hydrogens is 294 g/mol. The van der Waals surface area contributed by atoms with E-state index in [1.807, 2.05) is 29.6 Å². The van der Waals surface area contributed by atoms with Gasteiger partial charge in [-0.05, 0) is 38.3 Å². The second-order valence-electron chi connectivity index (χ2n) is 6.48. The van der Waals surface area contributed by atoms with Crippen molar-refractivity contribution in [3.63, 3.8) is 0 Å². The summed E-state index contributed by atoms with van der Waals surface area (Å²) in [7, 11) is 0. The van der Waals surface area contributed by atoms with Crippen LogP contribution < -0.4 is 10.1 Å². The molecule has 0 spiro atoms. The van der Waals surface area contributed by atoms with Crippen molar-refractivity contribution in [1.29, 1.82) is 0 Å². The summed E-state index contributed by atoms with van der Waals surface area (Å²) in [5.74, 6) is 0.945. The summed E-state index contributed by atoms with van der Waals surface area (Å²) < 4.78 is 6.04. The number of hydrogen-bond acceptors (Lipinski definition) is 3. The number of amides is 1. The lowest BCUT2D eigenvalue weighted by Gasteiger charge is -2.38. The van der Waals surface area contributed by atoms with Crippen molar-refractivity contribution in [3.05, 3.63) is 51.7 Å². The molecule has 1 aliphatic heterocycles. The Kier molecular flexibility index (Phi) is 3.96. The number of aryl methyl sites for hydroxylation is 1. The monoisotopic (exact) mass is 315 g/mol. The molecule has 116 valence electrons. The number of carbonyl (C=O) groups is 1. The van der Waals surface area contributed by atoms with Crippen molar-refractivity contribution in [2.24, 2.45) is 0 Å². The van der Waals surface area contributed by atoms with Crippen LogP contribution in [0.5, 0.6) is 5.75 Å². The van der Waals surface area contributed by atoms with Crippen molar-refractivity contribution < 1.29 is 9.53 Å². The normalized spacial score (nSPS) is 19.1. The predicted octanol–water partition coefficient (Wildman–Crippen LogP) is 4.02. The van der Waals surface area contributed by atoms with Crippen LogP contribution in [0.3, 0.4) is 0 Å². The molecule has 1 atom stereocenters. The highest BCUT2D eigenvalue weighted by Crippen LogP contribution is 2.39. The van der Waals surface area contributed by atoms with Gasteiger partial charge >= 0.3 is 0 Å². The molecule has 1 aliphatic rings. The van der Waals surface area contributed by atoms with Gasteiger partial charge in [0.05, 0.1) is 12.5 Å². The summed E-state index contributed by atoms with van der Waals surface area (Å²) in [6.07, 6.45) is 1.22. The molecule has 3 rings (SSSR count). The fraction of sp³-hybridized carbons (Fsp3) is 0.389. The van der Waals surface area contributed by atoms with Gasteiger partial charge in [-0.3, -0.25) is 4.79 Å². The van der Waals surface area contributed by atoms with Crippen molar-refractivity contribution in [2.75, 3.05) is 0 Å². The SMILES string of the molecule is Cc1ccc2c(c1)C(NC(=O)Cc1cccs1)CC(C)(C)O2. The molecule has 0 saturated carbocycles. The van der Waals surface area contributed by atoms with Crippen LogP contribution in [0.1, 0.15) is 42.3 Å². The van der Waals surface area contributed by atoms with Crippen molar-refractivity contribution in [2.45, 2.75) is 45.3 Å². The van der Waals surface area contributed by atoms with E-state index in [4.69, 9.17) is 4.74 Å². The quantitative estimate of drug-likeness (QED) is 0.929. The Bertz CT molecular complexity index is 676. The Balaban J connectivity index is 1.80. The van der Waals surface area contributed by atoms with E-state index >= 15 is 0 Å². The first-order valence-corrected chi connectivity index (χ1v) is 8.42. The molecule has 1 aromatic heterocycles. The number of thiophene rings is 1. The Hall–Kier alpha value is -1.81. The average molecular weight is 315 g/mol. The van der Waals surface area contributed by atoms with Crippen molar-refractivity contribution in [1.82, 2.24) is 5.32 Å². The van der Waals surface area contributed by atoms with E-state index in [1.54, 1.807) is 11.3 Å². The van der Waals surface area contributed by atoms with Crippen LogP contribution in [-0.2, 0) is 11.2 Å². The van der Waals surface area contributed by atoms with Gasteiger partial charge in [-0.1, -0.05) is 23.8 Å². The zero-order valence-corrected chi connectivity index (χ0v) is 14.0. The third-order valence-corrected chi connectivity index (χ3v) is 4.75. The third kappa shape index (κ3) is 3.33. The second-order valence-corrected chi connectivity index (χ2v) is 7.52. The van der Waals surface area contributed by atoms with Crippen molar-refractivity contribution >= 4 is 17.2 Å². The molecule has 1 unspecified atom stereocenters. The van der Waals surface area contributed by atoms with Gasteiger partial charge in [0, 0.05) is 16.9 Å². The molecule has 0 radical (unpaired) electrons. The predicted molar refractivity (Wildman–Crippen MR) is 89.4 cm³/mol. The molecule has 1 aromatic carbocycles. The average Bonchev–Trinajstić information content (AvgIpc) is 2.91. The minimum absolute atomic E-state index is 0.00566. The highest BCUT2D eigenvalue weighted by molar-refractivity contribution is 7.10. The van der Waals surface area contributed by atoms with Gasteiger partial charge in [0.25, 0.3) is 0 Å². The highest BCUT2D eigenvalue weighted by Gasteiger charge is 2.34. The van der Waals surface area contributed by atoms with E-state index in [0.717, 1.165) is 22.6 Å². The number of nitrogens with one attached hydrogen (secondary N) is 1. The number of carbonyl (C=O) groups excluding carboxylic acids is 1. The zero-order valence-electron chi connectivity index (χ0n) is 13.2. The lowest BCUT2D eigenvalue weighted by molar-refractivity contribution is -0.121. The standard InChI is InChI=1S/C18H21NO2S/c1-12-6-7-16-14(9-12)15(11-18(2,3)21-16)19-17(20)10-13-5-4-8-22-13/h4-9,15H,10-11H2,1-3H3,(H,19,20). The highest BCUT2D eigenvalue weighted by atomic mass is 32.1. The van der Waals surface area contributed by atoms with Gasteiger partial charge in [0.15, 0.2) is 0 Å². The fourth-order valence-corrected chi connectivity index (χ4v) is 3.62. The second kappa shape index (κ2) is 5.76. The summed E-state index contributed by atoms with van der Waals surface area (Å²) in [6, 6.07) is 10.1. The summed E-state index contributed by atoms with van der Waals surface area (Å²) in [4.78, 5) is 13.4. The summed E-state index contributed by atoms with van der Waals surface area (Å²) in [6.45, 7) is 6.19. The summed E-state index contributed by atoms with van der Waals surface area (Å²) in [5.41, 5.74) is 1.99. The topological polar surface area (TPSA) is 38.3 Å². The first kappa shape index (κ1) is 15.1. The first-order valence-electron chi connectivity index (χ1n) is 7.54. The minimum atomic E-state index is -0.275. The molecular formula is C18H21NO2S. The van der Waals surface area contributed by atoms with Crippen LogP contribution >= 0.6 is 11.3 Å². The van der Waals surface area contributed by atoms with Gasteiger partial charge < -0.3 is 10.1 Å². The number of fused-ring (bicyclic) bond motifs is 1. The molecule has 2 heterocycles. The number of hydrogen-bond donors (Lipinski definition) is 1. The molecule has 2 aromatic rings. The Labute approximate surface area is 135 Å². The van der Waals surface area contributed by atoms with Crippen LogP contribution in [-0.4, -0.2) is 11.5 Å². The smallest absolute Gasteiger partial charge is 0.225 e. The fourth-order valence-electron chi connectivity index (χ4n) is 2.92. The van der Waals surface area contributed by atoms with E-state index in [0.29, 0.717) is 6.42 Å². The van der Waals surface area contributed by atoms with Gasteiger partial charge in [-0.2, -0.15) is 0 Å². The Morgan fingerprint density at radius 2 is 2.23 bits per heavy atom. The Morgan fingerprint density at radius 1 is 1.41 bits per heavy atom. The zero-order chi connectivity index (χ0) is 15.7. The van der Waals surface area contributed by atoms with Crippen molar-refractivity contribution in [3.8, 4) is 5.75 Å². The largest absolute Gasteiger partial charge is 0.487 e. The van der Waals surface area contributed by atoms with Gasteiger partial charge in [0.2, 0.25) is 5.91 Å². The van der Waals surface area contributed by atoms with E-state index in [-0.39, 0.29) is 17.6 Å². The first-order chi connectivity index (χ1) is 10.4. The molecule has 3 nitrogen and oxygen atoms in total. The molecule has 1 N–H and O–H groups in total. The van der Waals surface area contributed by atoms with Crippen LogP contribution in [0.2, 0.25) is 0 Å². The summed E-state index contributed by atoms with van der Waals surface area (Å²) in [5, 5.41) is 5.18. The lowest BCUT2D eigenvalue weighted by atomic mass is 9.89. The van der Waals surface area contributed by atoms with Crippen LogP contribution in [0.15, 0.2) is 35.7 Å². The third-order valence-electron chi connectivity index (χ3n) is 3.87. The maximum Gasteiger partial charge on any atom is 0.225 e. The lowest BCUT2D eigenvalue weighted by Crippen LogP contribution is -2.41. The molecule has 0 saturated heterocycles. The Morgan fingerprint density at radius 3 is 2.95 bits per heavy atom. The van der Waals surface area contributed by atoms with Crippen LogP contribution in [0.25, 0.3) is 0 Å². The van der Waals surface area contributed by atoms with E-state index in [1.165, 1.54) is 5.56 Å². The van der Waals surface area contributed by atoms with E-state index < -0.39 is 0 Å². The van der Waals surface area contributed by atoms with Crippen LogP contribution in [0.4, 0.5) is 0 Å². The molecule has 0 aliphatic carbocycles. The van der Waals surface area contributed by atoms with Gasteiger partial charge in [-0.15, -0.1) is 11.3 Å². The number of benzene rings is 1. The van der Waals surface area contributed by atoms with Gasteiger partial charge in [-0.25, -0.2) is 0 Å². The molecule has 1 amide bonds.